The van der Waals surface area contributed by atoms with Crippen LogP contribution in [0.2, 0.25) is 0 Å². The third kappa shape index (κ3) is 1.79. The van der Waals surface area contributed by atoms with Crippen LogP contribution in [-0.2, 0) is 17.8 Å². The number of carbonyl (C=O) groups excluding carboxylic acids is 1. The number of nitrogens with zero attached hydrogens (tertiary/aromatic N) is 2. The van der Waals surface area contributed by atoms with Crippen molar-refractivity contribution in [1.82, 2.24) is 9.55 Å². The largest absolute Gasteiger partial charge is 0.335 e. The predicted octanol–water partition coefficient (Wildman–Crippen LogP) is 1.42. The highest BCUT2D eigenvalue weighted by atomic mass is 16.1. The van der Waals surface area contributed by atoms with Gasteiger partial charge in [0.25, 0.3) is 0 Å². The highest BCUT2D eigenvalue weighted by Crippen LogP contribution is 2.30. The summed E-state index contributed by atoms with van der Waals surface area (Å²) in [6.07, 6.45) is 6.39. The molecule has 70 valence electrons. The van der Waals surface area contributed by atoms with Crippen molar-refractivity contribution in [2.75, 3.05) is 0 Å². The van der Waals surface area contributed by atoms with Crippen LogP contribution in [0.25, 0.3) is 0 Å². The Bertz CT molecular complexity index is 312. The minimum absolute atomic E-state index is 0.349. The van der Waals surface area contributed by atoms with Crippen LogP contribution in [0.3, 0.4) is 0 Å². The lowest BCUT2D eigenvalue weighted by Gasteiger charge is -2.02. The Labute approximate surface area is 77.8 Å². The number of ketones is 1. The van der Waals surface area contributed by atoms with Crippen molar-refractivity contribution >= 4 is 5.78 Å². The zero-order chi connectivity index (χ0) is 9.26. The first-order chi connectivity index (χ1) is 6.31. The molecule has 3 heteroatoms. The van der Waals surface area contributed by atoms with Crippen molar-refractivity contribution in [2.45, 2.75) is 32.7 Å². The molecule has 0 aromatic carbocycles. The Kier molecular flexibility index (Phi) is 2.17. The van der Waals surface area contributed by atoms with Crippen molar-refractivity contribution in [2.24, 2.45) is 5.92 Å². The summed E-state index contributed by atoms with van der Waals surface area (Å²) in [4.78, 5) is 15.7. The van der Waals surface area contributed by atoms with Crippen LogP contribution in [0.5, 0.6) is 0 Å². The molecule has 13 heavy (non-hydrogen) atoms. The van der Waals surface area contributed by atoms with Crippen molar-refractivity contribution in [1.29, 1.82) is 0 Å². The van der Waals surface area contributed by atoms with Crippen molar-refractivity contribution in [3.8, 4) is 0 Å². The molecule has 0 bridgehead atoms. The van der Waals surface area contributed by atoms with Crippen LogP contribution in [0.1, 0.15) is 25.6 Å². The van der Waals surface area contributed by atoms with Crippen LogP contribution in [0.4, 0.5) is 0 Å². The van der Waals surface area contributed by atoms with Gasteiger partial charge >= 0.3 is 0 Å². The summed E-state index contributed by atoms with van der Waals surface area (Å²) in [7, 11) is 0. The second-order valence-corrected chi connectivity index (χ2v) is 3.55. The van der Waals surface area contributed by atoms with E-state index in [0.717, 1.165) is 25.2 Å². The molecule has 0 radical (unpaired) electrons. The first-order valence-electron chi connectivity index (χ1n) is 4.84. The van der Waals surface area contributed by atoms with Gasteiger partial charge in [-0.25, -0.2) is 4.98 Å². The fourth-order valence-electron chi connectivity index (χ4n) is 1.50. The first kappa shape index (κ1) is 8.48. The number of aryl methyl sites for hydroxylation is 1. The van der Waals surface area contributed by atoms with Gasteiger partial charge in [-0.2, -0.15) is 0 Å². The van der Waals surface area contributed by atoms with Gasteiger partial charge in [0.2, 0.25) is 0 Å². The number of rotatable bonds is 4. The van der Waals surface area contributed by atoms with Crippen molar-refractivity contribution < 1.29 is 4.79 Å². The summed E-state index contributed by atoms with van der Waals surface area (Å²) < 4.78 is 2.03. The van der Waals surface area contributed by atoms with Crippen molar-refractivity contribution in [3.63, 3.8) is 0 Å². The molecule has 0 aliphatic heterocycles. The van der Waals surface area contributed by atoms with Gasteiger partial charge in [-0.3, -0.25) is 4.79 Å². The molecule has 2 rings (SSSR count). The monoisotopic (exact) mass is 178 g/mol. The van der Waals surface area contributed by atoms with E-state index in [1.165, 1.54) is 0 Å². The molecule has 3 nitrogen and oxygen atoms in total. The highest BCUT2D eigenvalue weighted by molar-refractivity contribution is 5.84. The summed E-state index contributed by atoms with van der Waals surface area (Å²) in [6.45, 7) is 2.96. The third-order valence-electron chi connectivity index (χ3n) is 2.51. The smallest absolute Gasteiger partial charge is 0.143 e. The predicted molar refractivity (Wildman–Crippen MR) is 49.3 cm³/mol. The quantitative estimate of drug-likeness (QED) is 0.699. The van der Waals surface area contributed by atoms with E-state index in [4.69, 9.17) is 0 Å². The molecular weight excluding hydrogens is 164 g/mol. The summed E-state index contributed by atoms with van der Waals surface area (Å²) in [5.74, 6) is 1.63. The first-order valence-corrected chi connectivity index (χ1v) is 4.84. The molecule has 0 saturated heterocycles. The number of aromatic nitrogens is 2. The molecule has 1 aromatic heterocycles. The Morgan fingerprint density at radius 1 is 1.69 bits per heavy atom. The normalized spacial score (nSPS) is 16.1. The molecule has 0 amide bonds. The van der Waals surface area contributed by atoms with Crippen LogP contribution in [-0.4, -0.2) is 15.3 Å². The molecule has 0 N–H and O–H groups in total. The topological polar surface area (TPSA) is 34.9 Å². The molecule has 0 atom stereocenters. The van der Waals surface area contributed by atoms with Crippen LogP contribution >= 0.6 is 0 Å². The second kappa shape index (κ2) is 3.32. The lowest BCUT2D eigenvalue weighted by atomic mass is 10.2. The Morgan fingerprint density at radius 2 is 2.46 bits per heavy atom. The fraction of sp³-hybridized carbons (Fsp3) is 0.600. The lowest BCUT2D eigenvalue weighted by Crippen LogP contribution is -2.10. The molecule has 0 unspecified atom stereocenters. The SMILES string of the molecule is CCn1ccnc1CC(=O)C1CC1. The van der Waals surface area contributed by atoms with Crippen LogP contribution in [0, 0.1) is 5.92 Å². The summed E-state index contributed by atoms with van der Waals surface area (Å²) >= 11 is 0. The molecule has 1 aromatic rings. The maximum Gasteiger partial charge on any atom is 0.143 e. The molecular formula is C10H14N2O. The molecule has 1 aliphatic rings. The maximum atomic E-state index is 11.5. The van der Waals surface area contributed by atoms with E-state index >= 15 is 0 Å². The molecule has 1 saturated carbocycles. The van der Waals surface area contributed by atoms with Gasteiger partial charge in [-0.15, -0.1) is 0 Å². The number of hydrogen-bond acceptors (Lipinski definition) is 2. The fourth-order valence-corrected chi connectivity index (χ4v) is 1.50. The van der Waals surface area contributed by atoms with Gasteiger partial charge in [0, 0.05) is 24.9 Å². The van der Waals surface area contributed by atoms with Gasteiger partial charge in [-0.05, 0) is 19.8 Å². The van der Waals surface area contributed by atoms with E-state index in [9.17, 15) is 4.79 Å². The minimum atomic E-state index is 0.349. The van der Waals surface area contributed by atoms with E-state index in [1.807, 2.05) is 10.8 Å². The van der Waals surface area contributed by atoms with Crippen molar-refractivity contribution in [3.05, 3.63) is 18.2 Å². The average Bonchev–Trinajstić information content (AvgIpc) is 2.88. The molecule has 1 aliphatic carbocycles. The minimum Gasteiger partial charge on any atom is -0.335 e. The van der Waals surface area contributed by atoms with E-state index in [1.54, 1.807) is 6.20 Å². The highest BCUT2D eigenvalue weighted by Gasteiger charge is 2.29. The molecule has 0 spiro atoms. The van der Waals surface area contributed by atoms with Gasteiger partial charge in [0.15, 0.2) is 0 Å². The Balaban J connectivity index is 2.03. The van der Waals surface area contributed by atoms with E-state index in [0.29, 0.717) is 18.1 Å². The summed E-state index contributed by atoms with van der Waals surface area (Å²) in [5.41, 5.74) is 0. The summed E-state index contributed by atoms with van der Waals surface area (Å²) in [6, 6.07) is 0. The van der Waals surface area contributed by atoms with E-state index in [-0.39, 0.29) is 0 Å². The number of Topliss-reactive ketones (excluding diaryl/α,β-unsaturated/α-hetero) is 1. The Morgan fingerprint density at radius 3 is 3.08 bits per heavy atom. The Hall–Kier alpha value is -1.12. The van der Waals surface area contributed by atoms with E-state index in [2.05, 4.69) is 11.9 Å². The summed E-state index contributed by atoms with van der Waals surface area (Å²) in [5, 5.41) is 0. The molecule has 1 heterocycles. The number of hydrogen-bond donors (Lipinski definition) is 0. The standard InChI is InChI=1S/C10H14N2O/c1-2-12-6-5-11-10(12)7-9(13)8-3-4-8/h5-6,8H,2-4,7H2,1H3. The van der Waals surface area contributed by atoms with Gasteiger partial charge < -0.3 is 4.57 Å². The third-order valence-corrected chi connectivity index (χ3v) is 2.51. The zero-order valence-electron chi connectivity index (χ0n) is 7.86. The van der Waals surface area contributed by atoms with Crippen LogP contribution < -0.4 is 0 Å². The van der Waals surface area contributed by atoms with Gasteiger partial charge in [0.1, 0.15) is 11.6 Å². The number of imidazole rings is 1. The average molecular weight is 178 g/mol. The van der Waals surface area contributed by atoms with Gasteiger partial charge in [0.05, 0.1) is 6.42 Å². The second-order valence-electron chi connectivity index (χ2n) is 3.55. The van der Waals surface area contributed by atoms with Crippen LogP contribution in [0.15, 0.2) is 12.4 Å². The maximum absolute atomic E-state index is 11.5. The van der Waals surface area contributed by atoms with E-state index < -0.39 is 0 Å². The number of carbonyl (C=O) groups is 1. The van der Waals surface area contributed by atoms with Gasteiger partial charge in [-0.1, -0.05) is 0 Å². The zero-order valence-corrected chi connectivity index (χ0v) is 7.86. The molecule has 1 fully saturated rings. The lowest BCUT2D eigenvalue weighted by molar-refractivity contribution is -0.119.